The van der Waals surface area contributed by atoms with Crippen LogP contribution in [-0.4, -0.2) is 94.0 Å². The van der Waals surface area contributed by atoms with Crippen molar-refractivity contribution in [3.05, 3.63) is 35.9 Å². The first-order chi connectivity index (χ1) is 18.8. The van der Waals surface area contributed by atoms with Gasteiger partial charge in [-0.1, -0.05) is 30.3 Å². The molecule has 0 aromatic heterocycles. The zero-order valence-corrected chi connectivity index (χ0v) is 24.3. The summed E-state index contributed by atoms with van der Waals surface area (Å²) in [5.74, 6) is -3.22. The normalized spacial score (nSPS) is 12.9. The molecule has 0 aliphatic rings. The molecule has 0 radical (unpaired) electrons. The highest BCUT2D eigenvalue weighted by molar-refractivity contribution is 7.98. The summed E-state index contributed by atoms with van der Waals surface area (Å²) in [4.78, 5) is 62.8. The molecule has 3 amide bonds. The smallest absolute Gasteiger partial charge is 0.325 e. The second-order valence-electron chi connectivity index (χ2n) is 8.74. The van der Waals surface area contributed by atoms with Gasteiger partial charge in [0.15, 0.2) is 5.96 Å². The molecule has 4 atom stereocenters. The van der Waals surface area contributed by atoms with Gasteiger partial charge in [-0.15, -0.1) is 0 Å². The number of rotatable bonds is 16. The van der Waals surface area contributed by atoms with Crippen LogP contribution >= 0.6 is 11.8 Å². The van der Waals surface area contributed by atoms with Gasteiger partial charge in [-0.3, -0.25) is 29.0 Å². The molecule has 15 nitrogen and oxygen atoms in total. The van der Waals surface area contributed by atoms with E-state index in [9.17, 15) is 19.2 Å². The third-order valence-corrected chi connectivity index (χ3v) is 5.84. The lowest BCUT2D eigenvalue weighted by molar-refractivity contribution is -0.141. The maximum absolute atomic E-state index is 13.2. The number of hydrogen-bond acceptors (Lipinski definition) is 8. The van der Waals surface area contributed by atoms with Gasteiger partial charge in [0.2, 0.25) is 17.7 Å². The van der Waals surface area contributed by atoms with E-state index in [2.05, 4.69) is 20.9 Å². The molecule has 0 aliphatic heterocycles. The van der Waals surface area contributed by atoms with Crippen molar-refractivity contribution in [2.24, 2.45) is 22.2 Å². The summed E-state index contributed by atoms with van der Waals surface area (Å²) >= 11 is 1.55. The van der Waals surface area contributed by atoms with Crippen LogP contribution in [0.15, 0.2) is 35.3 Å². The number of nitrogens with two attached hydrogens (primary N) is 3. The molecule has 0 bridgehead atoms. The van der Waals surface area contributed by atoms with E-state index in [0.717, 1.165) is 12.5 Å². The lowest BCUT2D eigenvalue weighted by Gasteiger charge is -2.25. The van der Waals surface area contributed by atoms with E-state index < -0.39 is 53.8 Å². The minimum atomic E-state index is -1.21. The predicted molar refractivity (Wildman–Crippen MR) is 157 cm³/mol. The summed E-state index contributed by atoms with van der Waals surface area (Å²) in [5, 5.41) is 24.3. The van der Waals surface area contributed by atoms with Crippen molar-refractivity contribution in [1.82, 2.24) is 16.0 Å². The highest BCUT2D eigenvalue weighted by Gasteiger charge is 2.29. The number of carboxylic acid groups (broad SMARTS) is 2. The molecule has 0 fully saturated rings. The number of amides is 3. The van der Waals surface area contributed by atoms with Crippen molar-refractivity contribution >= 4 is 47.4 Å². The van der Waals surface area contributed by atoms with Crippen LogP contribution in [0.4, 0.5) is 0 Å². The highest BCUT2D eigenvalue weighted by Crippen LogP contribution is 2.07. The van der Waals surface area contributed by atoms with Crippen LogP contribution in [0.2, 0.25) is 0 Å². The monoisotopic (exact) mass is 601 g/mol. The summed E-state index contributed by atoms with van der Waals surface area (Å²) in [6.07, 6.45) is 3.01. The van der Waals surface area contributed by atoms with Gasteiger partial charge < -0.3 is 48.8 Å². The van der Waals surface area contributed by atoms with Gasteiger partial charge in [0, 0.05) is 19.9 Å². The van der Waals surface area contributed by atoms with E-state index in [0.29, 0.717) is 18.6 Å². The Morgan fingerprint density at radius 1 is 0.927 bits per heavy atom. The summed E-state index contributed by atoms with van der Waals surface area (Å²) < 4.78 is 0. The van der Waals surface area contributed by atoms with E-state index >= 15 is 0 Å². The van der Waals surface area contributed by atoms with Gasteiger partial charge in [-0.05, 0) is 43.8 Å². The van der Waals surface area contributed by atoms with E-state index in [-0.39, 0.29) is 30.8 Å². The number of carbonyl (C=O) groups is 5. The van der Waals surface area contributed by atoms with E-state index in [4.69, 9.17) is 32.2 Å². The molecule has 0 saturated heterocycles. The Morgan fingerprint density at radius 3 is 1.98 bits per heavy atom. The minimum Gasteiger partial charge on any atom is -0.481 e. The van der Waals surface area contributed by atoms with Gasteiger partial charge in [0.1, 0.15) is 18.1 Å². The van der Waals surface area contributed by atoms with Crippen LogP contribution < -0.4 is 33.2 Å². The van der Waals surface area contributed by atoms with E-state index in [1.807, 2.05) is 12.3 Å². The molecule has 0 aliphatic carbocycles. The molecule has 0 spiro atoms. The zero-order valence-electron chi connectivity index (χ0n) is 23.5. The average Bonchev–Trinajstić information content (AvgIpc) is 2.88. The van der Waals surface area contributed by atoms with Crippen molar-refractivity contribution in [1.29, 1.82) is 0 Å². The largest absolute Gasteiger partial charge is 0.481 e. The molecule has 232 valence electrons. The Hall–Kier alpha value is -3.89. The van der Waals surface area contributed by atoms with E-state index in [1.165, 1.54) is 6.92 Å². The van der Waals surface area contributed by atoms with Crippen LogP contribution in [0.1, 0.15) is 38.7 Å². The fourth-order valence-corrected chi connectivity index (χ4v) is 3.62. The zero-order chi connectivity index (χ0) is 30.7. The van der Waals surface area contributed by atoms with Gasteiger partial charge in [0.05, 0.1) is 6.04 Å². The van der Waals surface area contributed by atoms with Crippen molar-refractivity contribution in [2.75, 3.05) is 18.6 Å². The molecule has 13 N–H and O–H groups in total. The van der Waals surface area contributed by atoms with Gasteiger partial charge in [-0.2, -0.15) is 11.8 Å². The van der Waals surface area contributed by atoms with Crippen molar-refractivity contribution in [3.8, 4) is 0 Å². The van der Waals surface area contributed by atoms with Gasteiger partial charge >= 0.3 is 5.97 Å². The Labute approximate surface area is 243 Å². The summed E-state index contributed by atoms with van der Waals surface area (Å²) in [6.45, 7) is 2.65. The molecule has 1 aromatic rings. The summed E-state index contributed by atoms with van der Waals surface area (Å²) in [7, 11) is 0. The second kappa shape index (κ2) is 21.9. The fourth-order valence-electron chi connectivity index (χ4n) is 3.13. The lowest BCUT2D eigenvalue weighted by Crippen LogP contribution is -2.57. The molecule has 0 heterocycles. The Kier molecular flexibility index (Phi) is 20.9. The number of nitrogens with zero attached hydrogens (tertiary/aromatic N) is 1. The van der Waals surface area contributed by atoms with Crippen LogP contribution in [-0.2, 0) is 30.4 Å². The molecule has 16 heteroatoms. The molecule has 3 unspecified atom stereocenters. The predicted octanol–water partition coefficient (Wildman–Crippen LogP) is -1.81. The summed E-state index contributed by atoms with van der Waals surface area (Å²) in [5.41, 5.74) is 17.4. The lowest BCUT2D eigenvalue weighted by atomic mass is 10.0. The van der Waals surface area contributed by atoms with Gasteiger partial charge in [-0.25, -0.2) is 0 Å². The Morgan fingerprint density at radius 2 is 1.46 bits per heavy atom. The average molecular weight is 602 g/mol. The minimum absolute atomic E-state index is 0. The number of aliphatic imine (C=N–C) groups is 1. The quantitative estimate of drug-likeness (QED) is 0.0593. The Balaban J connectivity index is 0. The maximum atomic E-state index is 13.2. The van der Waals surface area contributed by atoms with Gasteiger partial charge in [0.25, 0.3) is 5.97 Å². The van der Waals surface area contributed by atoms with Crippen molar-refractivity contribution < 1.29 is 39.7 Å². The number of carboxylic acids is 2. The first-order valence-corrected chi connectivity index (χ1v) is 13.8. The van der Waals surface area contributed by atoms with E-state index in [1.54, 1.807) is 36.0 Å². The second-order valence-corrected chi connectivity index (χ2v) is 9.72. The van der Waals surface area contributed by atoms with Crippen molar-refractivity contribution in [2.45, 2.75) is 63.7 Å². The molecular formula is C25H43N7O8S. The van der Waals surface area contributed by atoms with Crippen LogP contribution in [0.5, 0.6) is 0 Å². The van der Waals surface area contributed by atoms with Crippen LogP contribution in [0, 0.1) is 0 Å². The topological polar surface area (TPSA) is 284 Å². The molecule has 41 heavy (non-hydrogen) atoms. The number of carbonyl (C=O) groups excluding carboxylic acids is 3. The summed E-state index contributed by atoms with van der Waals surface area (Å²) in [6, 6.07) is 4.91. The van der Waals surface area contributed by atoms with Crippen LogP contribution in [0.3, 0.4) is 0 Å². The first-order valence-electron chi connectivity index (χ1n) is 12.5. The molecular weight excluding hydrogens is 558 g/mol. The number of hydrogen-bond donors (Lipinski definition) is 8. The number of aliphatic carboxylic acids is 2. The third kappa shape index (κ3) is 18.9. The maximum Gasteiger partial charge on any atom is 0.325 e. The third-order valence-electron chi connectivity index (χ3n) is 5.19. The van der Waals surface area contributed by atoms with Crippen molar-refractivity contribution in [3.63, 3.8) is 0 Å². The SMILES string of the molecule is CC(=O)O.CSCCC(N)C(=O)NC(CCCN=C(N)N)C(=O)NC(Cc1ccccc1)C(=O)N[C@@H](C)C(=O)O.O. The number of nitrogens with one attached hydrogen (secondary N) is 3. The number of benzene rings is 1. The van der Waals surface area contributed by atoms with Crippen LogP contribution in [0.25, 0.3) is 0 Å². The fraction of sp³-hybridized carbons (Fsp3) is 0.520. The molecule has 1 rings (SSSR count). The number of thioether (sulfide) groups is 1. The molecule has 1 aromatic carbocycles. The Bertz CT molecular complexity index is 989. The molecule has 0 saturated carbocycles. The highest BCUT2D eigenvalue weighted by atomic mass is 32.2. The number of guanidine groups is 1. The standard InChI is InChI=1S/C23H37N7O5S.C2H4O2.H2O/c1-14(22(34)35)28-21(33)18(13-15-7-4-3-5-8-15)30-20(32)17(9-6-11-27-23(25)26)29-19(31)16(24)10-12-36-2;1-2(3)4;/h3-5,7-8,14,16-18H,6,9-13,24H2,1-2H3,(H,28,33)(H,29,31)(H,30,32)(H,34,35)(H4,25,26,27);1H3,(H,3,4);1H2/t14-,16?,17?,18?;;/m0../s1. The first kappa shape index (κ1) is 39.3.